The summed E-state index contributed by atoms with van der Waals surface area (Å²) in [4.78, 5) is 42.0. The average molecular weight is 407 g/mol. The molecule has 3 rings (SSSR count). The van der Waals surface area contributed by atoms with Crippen molar-refractivity contribution >= 4 is 35.2 Å². The Hall–Kier alpha value is -2.06. The van der Waals surface area contributed by atoms with E-state index in [4.69, 9.17) is 4.74 Å². The lowest BCUT2D eigenvalue weighted by Crippen LogP contribution is -2.98. The second-order valence-corrected chi connectivity index (χ2v) is 8.68. The number of hydrogen-bond acceptors (Lipinski definition) is 6. The first kappa shape index (κ1) is 20.7. The SMILES string of the molecule is COC(=O)[C@]1(CCSC)[NH2+][C@@H](c2ccc(N(C)C)cc2)[C@H]2C(=O)N(C)C(=O)[C@@H]21. The van der Waals surface area contributed by atoms with Crippen LogP contribution in [-0.2, 0) is 19.1 Å². The molecule has 1 aromatic rings. The van der Waals surface area contributed by atoms with Gasteiger partial charge in [0.15, 0.2) is 0 Å². The number of quaternary nitrogens is 1. The number of fused-ring (bicyclic) bond motifs is 1. The van der Waals surface area contributed by atoms with E-state index < -0.39 is 23.3 Å². The third-order valence-electron chi connectivity index (χ3n) is 6.07. The van der Waals surface area contributed by atoms with Gasteiger partial charge < -0.3 is 15.0 Å². The lowest BCUT2D eigenvalue weighted by Gasteiger charge is -2.28. The number of carbonyl (C=O) groups excluding carboxylic acids is 3. The van der Waals surface area contributed by atoms with Crippen molar-refractivity contribution < 1.29 is 24.4 Å². The predicted molar refractivity (Wildman–Crippen MR) is 108 cm³/mol. The van der Waals surface area contributed by atoms with Crippen molar-refractivity contribution in [3.05, 3.63) is 29.8 Å². The summed E-state index contributed by atoms with van der Waals surface area (Å²) in [5.74, 6) is -1.51. The number of amides is 2. The third kappa shape index (κ3) is 3.08. The van der Waals surface area contributed by atoms with Gasteiger partial charge in [-0.3, -0.25) is 14.5 Å². The first-order valence-corrected chi connectivity index (χ1v) is 10.7. The molecule has 0 unspecified atom stereocenters. The molecule has 0 aromatic heterocycles. The minimum absolute atomic E-state index is 0.220. The molecule has 8 heteroatoms. The number of imide groups is 1. The van der Waals surface area contributed by atoms with Crippen molar-refractivity contribution in [3.63, 3.8) is 0 Å². The number of methoxy groups -OCH3 is 1. The molecule has 152 valence electrons. The van der Waals surface area contributed by atoms with Crippen LogP contribution in [-0.4, -0.2) is 68.5 Å². The Morgan fingerprint density at radius 2 is 1.89 bits per heavy atom. The van der Waals surface area contributed by atoms with E-state index in [1.165, 1.54) is 19.1 Å². The van der Waals surface area contributed by atoms with Gasteiger partial charge in [-0.25, -0.2) is 4.79 Å². The van der Waals surface area contributed by atoms with Gasteiger partial charge in [0.25, 0.3) is 0 Å². The third-order valence-corrected chi connectivity index (χ3v) is 6.68. The monoisotopic (exact) mass is 406 g/mol. The van der Waals surface area contributed by atoms with Gasteiger partial charge >= 0.3 is 5.97 Å². The number of hydrogen-bond donors (Lipinski definition) is 1. The largest absolute Gasteiger partial charge is 0.464 e. The standard InChI is InChI=1S/C20H27N3O4S/c1-22(2)13-8-6-12(7-9-13)16-14-15(18(25)23(3)17(14)24)20(21-16,10-11-28-5)19(26)27-4/h6-9,14-16,21H,10-11H2,1-5H3/p+1/t14-,15+,16-,20+/m0/s1. The molecule has 0 spiro atoms. The summed E-state index contributed by atoms with van der Waals surface area (Å²) in [6, 6.07) is 7.63. The average Bonchev–Trinajstić information content (AvgIpc) is 3.16. The van der Waals surface area contributed by atoms with Crippen LogP contribution in [0.25, 0.3) is 0 Å². The maximum Gasteiger partial charge on any atom is 0.368 e. The molecule has 0 bridgehead atoms. The summed E-state index contributed by atoms with van der Waals surface area (Å²) >= 11 is 1.61. The summed E-state index contributed by atoms with van der Waals surface area (Å²) in [6.07, 6.45) is 2.43. The van der Waals surface area contributed by atoms with Gasteiger partial charge in [-0.2, -0.15) is 11.8 Å². The fourth-order valence-electron chi connectivity index (χ4n) is 4.56. The molecule has 2 amide bonds. The van der Waals surface area contributed by atoms with Gasteiger partial charge in [0.05, 0.1) is 7.11 Å². The normalized spacial score (nSPS) is 29.2. The zero-order valence-electron chi connectivity index (χ0n) is 17.0. The van der Waals surface area contributed by atoms with Crippen LogP contribution in [0, 0.1) is 11.8 Å². The smallest absolute Gasteiger partial charge is 0.368 e. The van der Waals surface area contributed by atoms with Crippen LogP contribution in [0.5, 0.6) is 0 Å². The molecule has 1 aromatic carbocycles. The van der Waals surface area contributed by atoms with Gasteiger partial charge in [0.1, 0.15) is 17.9 Å². The van der Waals surface area contributed by atoms with Crippen LogP contribution in [0.2, 0.25) is 0 Å². The Morgan fingerprint density at radius 3 is 2.43 bits per heavy atom. The molecule has 2 fully saturated rings. The lowest BCUT2D eigenvalue weighted by molar-refractivity contribution is -0.734. The van der Waals surface area contributed by atoms with Gasteiger partial charge in [0.2, 0.25) is 17.4 Å². The minimum Gasteiger partial charge on any atom is -0.464 e. The Labute approximate surface area is 169 Å². The molecule has 4 atom stereocenters. The number of thioether (sulfide) groups is 1. The number of nitrogens with two attached hydrogens (primary N) is 1. The molecule has 2 saturated heterocycles. The summed E-state index contributed by atoms with van der Waals surface area (Å²) in [7, 11) is 6.78. The second-order valence-electron chi connectivity index (χ2n) is 7.69. The van der Waals surface area contributed by atoms with Crippen LogP contribution in [0.1, 0.15) is 18.0 Å². The molecule has 0 radical (unpaired) electrons. The van der Waals surface area contributed by atoms with Crippen molar-refractivity contribution in [2.24, 2.45) is 11.8 Å². The van der Waals surface area contributed by atoms with Crippen molar-refractivity contribution in [1.29, 1.82) is 0 Å². The van der Waals surface area contributed by atoms with E-state index in [1.807, 2.05) is 54.8 Å². The van der Waals surface area contributed by atoms with Gasteiger partial charge in [-0.1, -0.05) is 12.1 Å². The van der Waals surface area contributed by atoms with E-state index in [2.05, 4.69) is 0 Å². The van der Waals surface area contributed by atoms with E-state index in [-0.39, 0.29) is 17.9 Å². The first-order chi connectivity index (χ1) is 13.3. The summed E-state index contributed by atoms with van der Waals surface area (Å²) in [5, 5.41) is 1.91. The van der Waals surface area contributed by atoms with Gasteiger partial charge in [-0.05, 0) is 24.1 Å². The molecule has 28 heavy (non-hydrogen) atoms. The zero-order chi connectivity index (χ0) is 20.6. The van der Waals surface area contributed by atoms with Crippen LogP contribution in [0.4, 0.5) is 5.69 Å². The summed E-state index contributed by atoms with van der Waals surface area (Å²) in [6.45, 7) is 0. The Bertz CT molecular complexity index is 782. The van der Waals surface area contributed by atoms with Crippen LogP contribution >= 0.6 is 11.8 Å². The van der Waals surface area contributed by atoms with Crippen LogP contribution in [0.3, 0.4) is 0 Å². The molecule has 2 aliphatic rings. The highest BCUT2D eigenvalue weighted by Gasteiger charge is 2.71. The van der Waals surface area contributed by atoms with E-state index in [0.717, 1.165) is 11.3 Å². The second kappa shape index (κ2) is 7.75. The van der Waals surface area contributed by atoms with E-state index in [9.17, 15) is 14.4 Å². The molecular formula is C20H28N3O4S+. The number of carbonyl (C=O) groups is 3. The first-order valence-electron chi connectivity index (χ1n) is 9.30. The zero-order valence-corrected chi connectivity index (χ0v) is 17.8. The summed E-state index contributed by atoms with van der Waals surface area (Å²) < 4.78 is 5.13. The number of esters is 1. The number of anilines is 1. The highest BCUT2D eigenvalue weighted by Crippen LogP contribution is 2.45. The molecule has 2 N–H and O–H groups in total. The van der Waals surface area contributed by atoms with Crippen LogP contribution in [0.15, 0.2) is 24.3 Å². The molecule has 2 aliphatic heterocycles. The van der Waals surface area contributed by atoms with Crippen LogP contribution < -0.4 is 10.2 Å². The van der Waals surface area contributed by atoms with E-state index in [1.54, 1.807) is 11.8 Å². The van der Waals surface area contributed by atoms with Gasteiger partial charge in [0, 0.05) is 38.8 Å². The Balaban J connectivity index is 2.08. The van der Waals surface area contributed by atoms with E-state index >= 15 is 0 Å². The van der Waals surface area contributed by atoms with Crippen molar-refractivity contribution in [1.82, 2.24) is 4.90 Å². The maximum absolute atomic E-state index is 13.0. The highest BCUT2D eigenvalue weighted by atomic mass is 32.2. The highest BCUT2D eigenvalue weighted by molar-refractivity contribution is 7.98. The topological polar surface area (TPSA) is 83.5 Å². The molecule has 7 nitrogen and oxygen atoms in total. The quantitative estimate of drug-likeness (QED) is 0.539. The number of rotatable bonds is 6. The molecule has 0 aliphatic carbocycles. The van der Waals surface area contributed by atoms with Crippen molar-refractivity contribution in [3.8, 4) is 0 Å². The van der Waals surface area contributed by atoms with Gasteiger partial charge in [-0.15, -0.1) is 0 Å². The minimum atomic E-state index is -1.08. The maximum atomic E-state index is 13.0. The molecule has 2 heterocycles. The summed E-state index contributed by atoms with van der Waals surface area (Å²) in [5.41, 5.74) is 0.906. The Kier molecular flexibility index (Phi) is 5.72. The van der Waals surface area contributed by atoms with E-state index in [0.29, 0.717) is 12.2 Å². The van der Waals surface area contributed by atoms with Crippen molar-refractivity contribution in [2.45, 2.75) is 18.0 Å². The lowest BCUT2D eigenvalue weighted by atomic mass is 9.78. The number of likely N-dealkylation sites (tertiary alicyclic amines) is 1. The number of benzene rings is 1. The number of ether oxygens (including phenoxy) is 1. The Morgan fingerprint density at radius 1 is 1.25 bits per heavy atom. The molecule has 0 saturated carbocycles. The fourth-order valence-corrected chi connectivity index (χ4v) is 5.10. The number of nitrogens with zero attached hydrogens (tertiary/aromatic N) is 2. The fraction of sp³-hybridized carbons (Fsp3) is 0.550. The van der Waals surface area contributed by atoms with Crippen molar-refractivity contribution in [2.75, 3.05) is 45.2 Å². The molecular weight excluding hydrogens is 378 g/mol. The predicted octanol–water partition coefficient (Wildman–Crippen LogP) is 0.267.